The lowest BCUT2D eigenvalue weighted by Crippen LogP contribution is -2.56. The van der Waals surface area contributed by atoms with Crippen LogP contribution in [0.15, 0.2) is 34.3 Å². The molecule has 2 aromatic rings. The van der Waals surface area contributed by atoms with Crippen LogP contribution in [0.5, 0.6) is 11.5 Å². The molecule has 2 heterocycles. The molecule has 49 heavy (non-hydrogen) atoms. The van der Waals surface area contributed by atoms with Gasteiger partial charge in [0.1, 0.15) is 11.5 Å². The van der Waals surface area contributed by atoms with E-state index >= 15 is 0 Å². The van der Waals surface area contributed by atoms with Crippen molar-refractivity contribution in [3.8, 4) is 11.5 Å². The molecule has 10 rings (SSSR count). The molecule has 2 aromatic carbocycles. The minimum Gasteiger partial charge on any atom is -0.451 e. The van der Waals surface area contributed by atoms with E-state index in [0.29, 0.717) is 22.7 Å². The van der Waals surface area contributed by atoms with Crippen molar-refractivity contribution in [2.45, 2.75) is 137 Å². The second kappa shape index (κ2) is 11.2. The Morgan fingerprint density at radius 3 is 1.39 bits per heavy atom. The predicted molar refractivity (Wildman–Crippen MR) is 203 cm³/mol. The van der Waals surface area contributed by atoms with E-state index in [2.05, 4.69) is 106 Å². The molecule has 2 aliphatic heterocycles. The molecule has 4 heteroatoms. The van der Waals surface area contributed by atoms with Crippen LogP contribution in [0, 0.1) is 60.2 Å². The number of rotatable bonds is 6. The van der Waals surface area contributed by atoms with Gasteiger partial charge in [0.2, 0.25) is 0 Å². The summed E-state index contributed by atoms with van der Waals surface area (Å²) in [5.41, 5.74) is 7.96. The van der Waals surface area contributed by atoms with E-state index in [0.717, 1.165) is 72.2 Å². The lowest BCUT2D eigenvalue weighted by atomic mass is 9.45. The van der Waals surface area contributed by atoms with Crippen molar-refractivity contribution in [3.05, 3.63) is 57.6 Å². The van der Waals surface area contributed by atoms with Gasteiger partial charge in [0.25, 0.3) is 5.79 Å². The second-order valence-corrected chi connectivity index (χ2v) is 20.1. The molecule has 1 spiro atoms. The smallest absolute Gasteiger partial charge is 0.253 e. The van der Waals surface area contributed by atoms with Gasteiger partial charge in [-0.1, -0.05) is 67.5 Å². The van der Waals surface area contributed by atoms with Gasteiger partial charge in [-0.15, -0.1) is 0 Å². The number of benzene rings is 2. The van der Waals surface area contributed by atoms with Crippen LogP contribution in [0.2, 0.25) is 0 Å². The molecule has 6 saturated carbocycles. The van der Waals surface area contributed by atoms with Crippen molar-refractivity contribution in [2.24, 2.45) is 56.3 Å². The molecule has 0 radical (unpaired) electrons. The fraction of sp³-hybridized carbons (Fsp3) is 0.689. The van der Waals surface area contributed by atoms with Crippen LogP contribution < -0.4 is 9.47 Å². The van der Waals surface area contributed by atoms with Crippen LogP contribution in [0.25, 0.3) is 0 Å². The van der Waals surface area contributed by atoms with Crippen molar-refractivity contribution in [3.63, 3.8) is 0 Å². The maximum absolute atomic E-state index is 7.25. The number of aryl methyl sites for hydroxylation is 2. The zero-order valence-corrected chi connectivity index (χ0v) is 32.2. The van der Waals surface area contributed by atoms with Crippen LogP contribution >= 0.6 is 0 Å². The summed E-state index contributed by atoms with van der Waals surface area (Å²) in [6.07, 6.45) is 14.0. The third-order valence-electron chi connectivity index (χ3n) is 15.1. The monoisotopic (exact) mass is 662 g/mol. The number of hydrogen-bond acceptors (Lipinski definition) is 4. The fourth-order valence-electron chi connectivity index (χ4n) is 12.1. The molecule has 6 atom stereocenters. The first-order valence-corrected chi connectivity index (χ1v) is 19.7. The second-order valence-electron chi connectivity index (χ2n) is 20.1. The molecule has 4 bridgehead atoms. The molecule has 8 aliphatic rings. The van der Waals surface area contributed by atoms with Gasteiger partial charge < -0.3 is 9.47 Å². The first-order chi connectivity index (χ1) is 23.0. The molecule has 4 nitrogen and oxygen atoms in total. The molecule has 0 unspecified atom stereocenters. The van der Waals surface area contributed by atoms with Crippen LogP contribution in [0.1, 0.15) is 140 Å². The van der Waals surface area contributed by atoms with E-state index in [1.807, 2.05) is 0 Å². The van der Waals surface area contributed by atoms with Gasteiger partial charge in [0.15, 0.2) is 0 Å². The Kier molecular flexibility index (Phi) is 7.65. The minimum absolute atomic E-state index is 0.127. The number of fused-ring (bicyclic) bond motifs is 6. The maximum atomic E-state index is 7.25. The Hall–Kier alpha value is -2.62. The molecule has 0 aromatic heterocycles. The van der Waals surface area contributed by atoms with Crippen molar-refractivity contribution in [1.29, 1.82) is 0 Å². The highest BCUT2D eigenvalue weighted by Crippen LogP contribution is 2.62. The molecule has 0 amide bonds. The average Bonchev–Trinajstić information content (AvgIpc) is 3.01. The summed E-state index contributed by atoms with van der Waals surface area (Å²) in [6, 6.07) is 9.19. The number of nitrogens with zero attached hydrogens (tertiary/aromatic N) is 2. The summed E-state index contributed by atoms with van der Waals surface area (Å²) in [5, 5.41) is 0. The van der Waals surface area contributed by atoms with Gasteiger partial charge >= 0.3 is 0 Å². The van der Waals surface area contributed by atoms with E-state index < -0.39 is 5.79 Å². The summed E-state index contributed by atoms with van der Waals surface area (Å²) in [4.78, 5) is 10.3. The Bertz CT molecular complexity index is 1580. The topological polar surface area (TPSA) is 43.2 Å². The van der Waals surface area contributed by atoms with Gasteiger partial charge in [-0.25, -0.2) is 0 Å². The summed E-state index contributed by atoms with van der Waals surface area (Å²) in [7, 11) is 0. The van der Waals surface area contributed by atoms with Gasteiger partial charge in [-0.2, -0.15) is 0 Å². The zero-order chi connectivity index (χ0) is 34.7. The van der Waals surface area contributed by atoms with Crippen molar-refractivity contribution >= 4 is 12.4 Å². The lowest BCUT2D eigenvalue weighted by Gasteiger charge is -2.60. The summed E-state index contributed by atoms with van der Waals surface area (Å²) in [6.45, 7) is 25.6. The zero-order valence-electron chi connectivity index (χ0n) is 32.2. The molecule has 6 aliphatic carbocycles. The van der Waals surface area contributed by atoms with Crippen LogP contribution in [-0.4, -0.2) is 31.3 Å². The SMILES string of the molecule is Cc1cc(C=NC[C@H]2CC[C@H]3C[C@@H]2C3(C)C)c2c(c1)C(C)(C)CC1(CC(C)(C)c3cc(C)cc(C=NC[C@H]4CC[C@H]5C[C@@H]4C5(C)C)c3O1)O2. The van der Waals surface area contributed by atoms with Crippen molar-refractivity contribution in [1.82, 2.24) is 0 Å². The number of aliphatic imine (C=N–C) groups is 2. The lowest BCUT2D eigenvalue weighted by molar-refractivity contribution is -0.166. The largest absolute Gasteiger partial charge is 0.451 e. The summed E-state index contributed by atoms with van der Waals surface area (Å²) in [5.74, 6) is 5.99. The standard InChI is InChI=1S/C45H62N2O2/c1-27-15-31(23-46-21-29-11-13-33-19-35(29)43(33,7)8)39-37(17-27)41(3,4)25-45(48-39)26-42(5,6)38-18-28(2)16-32(40(38)49-45)24-47-22-30-12-14-34-20-36(30)44(34,9)10/h15-18,23-24,29-30,33-36H,11-14,19-22,25-26H2,1-10H3/t29-,30-,33+,34+,35+,36+,45?/m1/s1. The third-order valence-corrected chi connectivity index (χ3v) is 15.1. The Morgan fingerprint density at radius 2 is 1.02 bits per heavy atom. The van der Waals surface area contributed by atoms with Crippen LogP contribution in [-0.2, 0) is 10.8 Å². The first kappa shape index (κ1) is 33.5. The van der Waals surface area contributed by atoms with E-state index in [9.17, 15) is 0 Å². The predicted octanol–water partition coefficient (Wildman–Crippen LogP) is 10.8. The van der Waals surface area contributed by atoms with Gasteiger partial charge in [-0.3, -0.25) is 9.98 Å². The molecule has 0 N–H and O–H groups in total. The van der Waals surface area contributed by atoms with Gasteiger partial charge in [0, 0.05) is 71.4 Å². The van der Waals surface area contributed by atoms with Crippen molar-refractivity contribution < 1.29 is 9.47 Å². The average molecular weight is 663 g/mol. The number of ether oxygens (including phenoxy) is 2. The van der Waals surface area contributed by atoms with E-state index in [1.165, 1.54) is 60.8 Å². The normalized spacial score (nSPS) is 35.6. The van der Waals surface area contributed by atoms with E-state index in [1.54, 1.807) is 0 Å². The van der Waals surface area contributed by atoms with Gasteiger partial charge in [0.05, 0.1) is 0 Å². The first-order valence-electron chi connectivity index (χ1n) is 19.7. The van der Waals surface area contributed by atoms with E-state index in [-0.39, 0.29) is 10.8 Å². The van der Waals surface area contributed by atoms with Gasteiger partial charge in [-0.05, 0) is 122 Å². The Labute approximate surface area is 297 Å². The minimum atomic E-state index is -0.772. The molecular weight excluding hydrogens is 601 g/mol. The van der Waals surface area contributed by atoms with Crippen LogP contribution in [0.3, 0.4) is 0 Å². The van der Waals surface area contributed by atoms with Crippen molar-refractivity contribution in [2.75, 3.05) is 13.1 Å². The maximum Gasteiger partial charge on any atom is 0.253 e. The van der Waals surface area contributed by atoms with E-state index in [4.69, 9.17) is 19.5 Å². The highest BCUT2D eigenvalue weighted by molar-refractivity contribution is 5.86. The summed E-state index contributed by atoms with van der Waals surface area (Å²) < 4.78 is 14.5. The molecule has 0 saturated heterocycles. The summed E-state index contributed by atoms with van der Waals surface area (Å²) >= 11 is 0. The fourth-order valence-corrected chi connectivity index (χ4v) is 12.1. The quantitative estimate of drug-likeness (QED) is 0.289. The highest BCUT2D eigenvalue weighted by atomic mass is 16.7. The molecular formula is C45H62N2O2. The third kappa shape index (κ3) is 5.43. The highest BCUT2D eigenvalue weighted by Gasteiger charge is 2.56. The molecule has 6 fully saturated rings. The molecule has 264 valence electrons. The Balaban J connectivity index is 1.09. The Morgan fingerprint density at radius 1 is 0.612 bits per heavy atom. The number of hydrogen-bond donors (Lipinski definition) is 0. The van der Waals surface area contributed by atoms with Crippen LogP contribution in [0.4, 0.5) is 0 Å².